The smallest absolute Gasteiger partial charge is 0.354 e. The Labute approximate surface area is 159 Å². The number of fused-ring (bicyclic) bond motifs is 1. The van der Waals surface area contributed by atoms with Gasteiger partial charge in [0.05, 0.1) is 13.2 Å². The number of benzene rings is 1. The maximum atomic E-state index is 11.5. The molecule has 1 aromatic carbocycles. The first-order chi connectivity index (χ1) is 13.2. The van der Waals surface area contributed by atoms with Crippen molar-refractivity contribution in [3.8, 4) is 11.5 Å². The van der Waals surface area contributed by atoms with Crippen LogP contribution in [0.2, 0.25) is 0 Å². The highest BCUT2D eigenvalue weighted by Gasteiger charge is 2.18. The van der Waals surface area contributed by atoms with Crippen LogP contribution in [0.3, 0.4) is 0 Å². The normalized spacial score (nSPS) is 15.0. The summed E-state index contributed by atoms with van der Waals surface area (Å²) in [5, 5.41) is 10.2. The number of ether oxygens (including phenoxy) is 3. The Hall–Kier alpha value is -2.34. The molecule has 0 bridgehead atoms. The number of rotatable bonds is 9. The summed E-state index contributed by atoms with van der Waals surface area (Å²) in [6.45, 7) is 1.67. The topological polar surface area (TPSA) is 77.9 Å². The second-order valence-corrected chi connectivity index (χ2v) is 6.97. The first kappa shape index (κ1) is 19.4. The first-order valence-corrected chi connectivity index (χ1v) is 9.60. The third-order valence-electron chi connectivity index (χ3n) is 4.93. The Morgan fingerprint density at radius 1 is 1.15 bits per heavy atom. The minimum absolute atomic E-state index is 0.0436. The predicted octanol–water partition coefficient (Wildman–Crippen LogP) is 4.31. The van der Waals surface area contributed by atoms with Crippen molar-refractivity contribution < 1.29 is 24.1 Å². The number of carboxylic acids is 1. The average molecular weight is 373 g/mol. The number of aromatic carboxylic acids is 1. The minimum atomic E-state index is -1.08. The molecule has 146 valence electrons. The standard InChI is InChI=1S/C21H27NO5/c1-25-11-6-12-26-19-13-17(21(23)24)22-20-16(19)9-5-10-18(20)27-14-15-7-3-2-4-8-15/h5,9-10,13,15H,2-4,6-8,11-12,14H2,1H3,(H,23,24). The van der Waals surface area contributed by atoms with Gasteiger partial charge in [-0.2, -0.15) is 0 Å². The van der Waals surface area contributed by atoms with Crippen LogP contribution in [0.1, 0.15) is 49.0 Å². The summed E-state index contributed by atoms with van der Waals surface area (Å²) in [6.07, 6.45) is 6.91. The monoisotopic (exact) mass is 373 g/mol. The zero-order valence-electron chi connectivity index (χ0n) is 15.8. The predicted molar refractivity (Wildman–Crippen MR) is 103 cm³/mol. The van der Waals surface area contributed by atoms with Crippen molar-refractivity contribution in [2.45, 2.75) is 38.5 Å². The van der Waals surface area contributed by atoms with Crippen molar-refractivity contribution in [3.05, 3.63) is 30.0 Å². The van der Waals surface area contributed by atoms with Crippen molar-refractivity contribution in [3.63, 3.8) is 0 Å². The fourth-order valence-electron chi connectivity index (χ4n) is 3.48. The van der Waals surface area contributed by atoms with E-state index >= 15 is 0 Å². The molecule has 27 heavy (non-hydrogen) atoms. The number of carboxylic acid groups (broad SMARTS) is 1. The van der Waals surface area contributed by atoms with Crippen LogP contribution in [0.25, 0.3) is 10.9 Å². The van der Waals surface area contributed by atoms with Crippen molar-refractivity contribution in [1.29, 1.82) is 0 Å². The fraction of sp³-hybridized carbons (Fsp3) is 0.524. The van der Waals surface area contributed by atoms with E-state index in [1.165, 1.54) is 38.2 Å². The number of carbonyl (C=O) groups is 1. The Morgan fingerprint density at radius 2 is 1.96 bits per heavy atom. The van der Waals surface area contributed by atoms with Crippen molar-refractivity contribution >= 4 is 16.9 Å². The van der Waals surface area contributed by atoms with E-state index in [0.717, 1.165) is 11.8 Å². The lowest BCUT2D eigenvalue weighted by molar-refractivity contribution is 0.0690. The third-order valence-corrected chi connectivity index (χ3v) is 4.93. The van der Waals surface area contributed by atoms with Crippen LogP contribution in [-0.2, 0) is 4.74 Å². The highest BCUT2D eigenvalue weighted by atomic mass is 16.5. The van der Waals surface area contributed by atoms with Crippen LogP contribution >= 0.6 is 0 Å². The van der Waals surface area contributed by atoms with Gasteiger partial charge in [0, 0.05) is 31.6 Å². The Kier molecular flexibility index (Phi) is 6.87. The van der Waals surface area contributed by atoms with E-state index in [1.807, 2.05) is 18.2 Å². The minimum Gasteiger partial charge on any atom is -0.493 e. The number of hydrogen-bond acceptors (Lipinski definition) is 5. The van der Waals surface area contributed by atoms with Gasteiger partial charge in [0.1, 0.15) is 17.0 Å². The van der Waals surface area contributed by atoms with E-state index in [2.05, 4.69) is 4.98 Å². The molecule has 1 N–H and O–H groups in total. The Morgan fingerprint density at radius 3 is 2.70 bits per heavy atom. The number of pyridine rings is 1. The summed E-state index contributed by atoms with van der Waals surface area (Å²) in [6, 6.07) is 7.09. The largest absolute Gasteiger partial charge is 0.493 e. The molecular weight excluding hydrogens is 346 g/mol. The lowest BCUT2D eigenvalue weighted by atomic mass is 9.90. The number of aromatic nitrogens is 1. The third kappa shape index (κ3) is 5.10. The van der Waals surface area contributed by atoms with Gasteiger partial charge in [0.15, 0.2) is 5.69 Å². The molecule has 0 unspecified atom stereocenters. The molecule has 2 aromatic rings. The van der Waals surface area contributed by atoms with E-state index in [1.54, 1.807) is 7.11 Å². The molecule has 1 aliphatic rings. The highest BCUT2D eigenvalue weighted by molar-refractivity contribution is 5.95. The maximum Gasteiger partial charge on any atom is 0.354 e. The van der Waals surface area contributed by atoms with Crippen molar-refractivity contribution in [2.75, 3.05) is 26.9 Å². The highest BCUT2D eigenvalue weighted by Crippen LogP contribution is 2.33. The van der Waals surface area contributed by atoms with Crippen LogP contribution in [0.5, 0.6) is 11.5 Å². The van der Waals surface area contributed by atoms with Crippen LogP contribution in [0.4, 0.5) is 0 Å². The number of hydrogen-bond donors (Lipinski definition) is 1. The number of para-hydroxylation sites is 1. The zero-order valence-corrected chi connectivity index (χ0v) is 15.8. The van der Waals surface area contributed by atoms with E-state index in [-0.39, 0.29) is 5.69 Å². The van der Waals surface area contributed by atoms with Gasteiger partial charge in [-0.3, -0.25) is 0 Å². The van der Waals surface area contributed by atoms with Gasteiger partial charge in [-0.1, -0.05) is 25.3 Å². The molecule has 0 amide bonds. The second kappa shape index (κ2) is 9.55. The summed E-state index contributed by atoms with van der Waals surface area (Å²) in [5.41, 5.74) is 0.493. The molecule has 3 rings (SSSR count). The van der Waals surface area contributed by atoms with Gasteiger partial charge in [-0.15, -0.1) is 0 Å². The zero-order chi connectivity index (χ0) is 19.1. The molecule has 1 aromatic heterocycles. The number of methoxy groups -OCH3 is 1. The van der Waals surface area contributed by atoms with E-state index in [9.17, 15) is 9.90 Å². The Balaban J connectivity index is 1.85. The van der Waals surface area contributed by atoms with E-state index < -0.39 is 5.97 Å². The van der Waals surface area contributed by atoms with E-state index in [4.69, 9.17) is 14.2 Å². The van der Waals surface area contributed by atoms with Gasteiger partial charge < -0.3 is 19.3 Å². The maximum absolute atomic E-state index is 11.5. The molecule has 0 saturated heterocycles. The average Bonchev–Trinajstić information content (AvgIpc) is 2.70. The van der Waals surface area contributed by atoms with Crippen LogP contribution < -0.4 is 9.47 Å². The van der Waals surface area contributed by atoms with Crippen LogP contribution in [-0.4, -0.2) is 43.0 Å². The molecule has 1 fully saturated rings. The van der Waals surface area contributed by atoms with Gasteiger partial charge in [0.25, 0.3) is 0 Å². The fourth-order valence-corrected chi connectivity index (χ4v) is 3.48. The van der Waals surface area contributed by atoms with Crippen LogP contribution in [0.15, 0.2) is 24.3 Å². The SMILES string of the molecule is COCCCOc1cc(C(=O)O)nc2c(OCC3CCCCC3)cccc12. The van der Waals surface area contributed by atoms with E-state index in [0.29, 0.717) is 42.8 Å². The van der Waals surface area contributed by atoms with Crippen molar-refractivity contribution in [2.24, 2.45) is 5.92 Å². The molecule has 6 nitrogen and oxygen atoms in total. The molecule has 0 radical (unpaired) electrons. The Bertz CT molecular complexity index is 771. The van der Waals surface area contributed by atoms with Gasteiger partial charge in [-0.05, 0) is 30.9 Å². The molecule has 1 heterocycles. The van der Waals surface area contributed by atoms with Crippen LogP contribution in [0, 0.1) is 5.92 Å². The molecule has 0 atom stereocenters. The first-order valence-electron chi connectivity index (χ1n) is 9.60. The number of nitrogens with zero attached hydrogens (tertiary/aromatic N) is 1. The van der Waals surface area contributed by atoms with Crippen molar-refractivity contribution in [1.82, 2.24) is 4.98 Å². The summed E-state index contributed by atoms with van der Waals surface area (Å²) >= 11 is 0. The second-order valence-electron chi connectivity index (χ2n) is 6.97. The van der Waals surface area contributed by atoms with Gasteiger partial charge >= 0.3 is 5.97 Å². The summed E-state index contributed by atoms with van der Waals surface area (Å²) in [4.78, 5) is 15.8. The quantitative estimate of drug-likeness (QED) is 0.660. The molecule has 1 saturated carbocycles. The molecular formula is C21H27NO5. The van der Waals surface area contributed by atoms with Gasteiger partial charge in [0.2, 0.25) is 0 Å². The lowest BCUT2D eigenvalue weighted by Gasteiger charge is -2.22. The lowest BCUT2D eigenvalue weighted by Crippen LogP contribution is -2.15. The summed E-state index contributed by atoms with van der Waals surface area (Å²) < 4.78 is 16.9. The van der Waals surface area contributed by atoms with Gasteiger partial charge in [-0.25, -0.2) is 9.78 Å². The summed E-state index contributed by atoms with van der Waals surface area (Å²) in [7, 11) is 1.64. The molecule has 0 aliphatic heterocycles. The summed E-state index contributed by atoms with van der Waals surface area (Å²) in [5.74, 6) is 0.599. The molecule has 6 heteroatoms. The molecule has 1 aliphatic carbocycles. The molecule has 0 spiro atoms.